The fourth-order valence-electron chi connectivity index (χ4n) is 5.59. The largest absolute Gasteiger partial charge is 0.374 e. The Bertz CT molecular complexity index is 805. The van der Waals surface area contributed by atoms with Crippen molar-refractivity contribution in [1.29, 1.82) is 0 Å². The van der Waals surface area contributed by atoms with Crippen LogP contribution in [0.2, 0.25) is 0 Å². The van der Waals surface area contributed by atoms with Crippen LogP contribution in [0.15, 0.2) is 43.0 Å². The minimum absolute atomic E-state index is 0.789. The maximum atomic E-state index is 3.99. The van der Waals surface area contributed by atoms with E-state index in [9.17, 15) is 0 Å². The lowest BCUT2D eigenvalue weighted by atomic mass is 9.66. The van der Waals surface area contributed by atoms with Gasteiger partial charge in [-0.2, -0.15) is 0 Å². The van der Waals surface area contributed by atoms with Crippen molar-refractivity contribution in [3.63, 3.8) is 0 Å². The molecule has 1 saturated carbocycles. The van der Waals surface area contributed by atoms with Crippen LogP contribution < -0.4 is 4.90 Å². The Morgan fingerprint density at radius 1 is 1.15 bits per heavy atom. The lowest BCUT2D eigenvalue weighted by Crippen LogP contribution is -2.30. The predicted molar refractivity (Wildman–Crippen MR) is 114 cm³/mol. The first-order chi connectivity index (χ1) is 12.6. The first-order valence-electron chi connectivity index (χ1n) is 10.4. The van der Waals surface area contributed by atoms with Crippen molar-refractivity contribution in [2.24, 2.45) is 23.7 Å². The summed E-state index contributed by atoms with van der Waals surface area (Å²) in [5.74, 6) is 3.24. The molecule has 4 atom stereocenters. The van der Waals surface area contributed by atoms with E-state index in [0.29, 0.717) is 0 Å². The summed E-state index contributed by atoms with van der Waals surface area (Å²) in [7, 11) is 2.25. The monoisotopic (exact) mass is 347 g/mol. The molecule has 4 unspecified atom stereocenters. The molecule has 0 amide bonds. The van der Waals surface area contributed by atoms with Gasteiger partial charge < -0.3 is 4.90 Å². The van der Waals surface area contributed by atoms with Crippen LogP contribution in [0.5, 0.6) is 0 Å². The third-order valence-corrected chi connectivity index (χ3v) is 7.29. The molecule has 4 rings (SSSR count). The summed E-state index contributed by atoms with van der Waals surface area (Å²) in [4.78, 5) is 2.44. The quantitative estimate of drug-likeness (QED) is 0.591. The fraction of sp³-hybridized carbons (Fsp3) is 0.520. The summed E-state index contributed by atoms with van der Waals surface area (Å²) in [6.07, 6.45) is 8.45. The van der Waals surface area contributed by atoms with E-state index in [2.05, 4.69) is 68.8 Å². The zero-order chi connectivity index (χ0) is 18.3. The predicted octanol–water partition coefficient (Wildman–Crippen LogP) is 6.25. The number of hydrogen-bond acceptors (Lipinski definition) is 1. The van der Waals surface area contributed by atoms with Crippen molar-refractivity contribution < 1.29 is 0 Å². The van der Waals surface area contributed by atoms with Crippen LogP contribution in [0.25, 0.3) is 10.8 Å². The molecule has 1 heteroatoms. The van der Waals surface area contributed by atoms with Crippen molar-refractivity contribution in [2.45, 2.75) is 46.0 Å². The second-order valence-corrected chi connectivity index (χ2v) is 8.91. The first-order valence-corrected chi connectivity index (χ1v) is 10.4. The van der Waals surface area contributed by atoms with Crippen LogP contribution in [-0.4, -0.2) is 13.6 Å². The standard InChI is InChI=1S/C25H33N/c1-5-8-19-13-17(2)18(3)20(14-19)15-21-16-25-24(11-12-26(25)4)23-10-7-6-9-22(21)23/h5-7,9-10,16-20H,1,8,11-15H2,2-4H3. The second-order valence-electron chi connectivity index (χ2n) is 8.91. The van der Waals surface area contributed by atoms with Gasteiger partial charge in [0.25, 0.3) is 0 Å². The van der Waals surface area contributed by atoms with Crippen LogP contribution in [0.4, 0.5) is 5.69 Å². The summed E-state index contributed by atoms with van der Waals surface area (Å²) in [6.45, 7) is 10.1. The summed E-state index contributed by atoms with van der Waals surface area (Å²) in [5, 5.41) is 2.98. The molecule has 1 nitrogen and oxygen atoms in total. The van der Waals surface area contributed by atoms with Gasteiger partial charge in [-0.3, -0.25) is 0 Å². The normalized spacial score (nSPS) is 28.3. The van der Waals surface area contributed by atoms with Crippen molar-refractivity contribution in [1.82, 2.24) is 0 Å². The molecule has 2 aromatic rings. The van der Waals surface area contributed by atoms with E-state index < -0.39 is 0 Å². The lowest BCUT2D eigenvalue weighted by molar-refractivity contribution is 0.130. The highest BCUT2D eigenvalue weighted by molar-refractivity contribution is 5.94. The number of hydrogen-bond donors (Lipinski definition) is 0. The molecule has 1 aliphatic carbocycles. The van der Waals surface area contributed by atoms with Gasteiger partial charge in [0.15, 0.2) is 0 Å². The van der Waals surface area contributed by atoms with E-state index in [0.717, 1.165) is 30.2 Å². The maximum absolute atomic E-state index is 3.99. The zero-order valence-corrected chi connectivity index (χ0v) is 16.7. The van der Waals surface area contributed by atoms with Gasteiger partial charge in [-0.25, -0.2) is 0 Å². The van der Waals surface area contributed by atoms with E-state index in [4.69, 9.17) is 0 Å². The van der Waals surface area contributed by atoms with Gasteiger partial charge in [0, 0.05) is 19.3 Å². The molecule has 138 valence electrons. The molecular formula is C25H33N. The molecule has 1 heterocycles. The number of nitrogens with zero attached hydrogens (tertiary/aromatic N) is 1. The Labute approximate surface area is 159 Å². The Balaban J connectivity index is 1.70. The summed E-state index contributed by atoms with van der Waals surface area (Å²) in [6, 6.07) is 11.6. The molecule has 0 saturated heterocycles. The molecular weight excluding hydrogens is 314 g/mol. The van der Waals surface area contributed by atoms with Crippen LogP contribution in [0.3, 0.4) is 0 Å². The molecule has 0 spiro atoms. The SMILES string of the molecule is C=CCC1CC(C)C(C)C(Cc2cc3c(c4ccccc24)CCN3C)C1. The third kappa shape index (κ3) is 3.06. The third-order valence-electron chi connectivity index (χ3n) is 7.29. The number of rotatable bonds is 4. The highest BCUT2D eigenvalue weighted by Crippen LogP contribution is 2.43. The van der Waals surface area contributed by atoms with Gasteiger partial charge in [-0.1, -0.05) is 44.2 Å². The first kappa shape index (κ1) is 17.6. The van der Waals surface area contributed by atoms with Crippen molar-refractivity contribution in [3.8, 4) is 0 Å². The topological polar surface area (TPSA) is 3.24 Å². The Morgan fingerprint density at radius 2 is 1.92 bits per heavy atom. The number of anilines is 1. The van der Waals surface area contributed by atoms with E-state index >= 15 is 0 Å². The molecule has 0 bridgehead atoms. The van der Waals surface area contributed by atoms with Gasteiger partial charge in [0.1, 0.15) is 0 Å². The fourth-order valence-corrected chi connectivity index (χ4v) is 5.59. The second kappa shape index (κ2) is 7.10. The van der Waals surface area contributed by atoms with Gasteiger partial charge >= 0.3 is 0 Å². The minimum atomic E-state index is 0.789. The molecule has 2 aromatic carbocycles. The average Bonchev–Trinajstić information content (AvgIpc) is 3.01. The summed E-state index contributed by atoms with van der Waals surface area (Å²) < 4.78 is 0. The lowest BCUT2D eigenvalue weighted by Gasteiger charge is -2.39. The molecule has 1 fully saturated rings. The molecule has 0 radical (unpaired) electrons. The number of benzene rings is 2. The van der Waals surface area contributed by atoms with E-state index in [1.165, 1.54) is 48.6 Å². The summed E-state index contributed by atoms with van der Waals surface area (Å²) in [5.41, 5.74) is 4.59. The highest BCUT2D eigenvalue weighted by Gasteiger charge is 2.33. The molecule has 2 aliphatic rings. The van der Waals surface area contributed by atoms with E-state index in [1.54, 1.807) is 11.1 Å². The number of fused-ring (bicyclic) bond motifs is 3. The van der Waals surface area contributed by atoms with Crippen molar-refractivity contribution >= 4 is 16.5 Å². The molecule has 0 aromatic heterocycles. The number of likely N-dealkylation sites (N-methyl/N-ethyl adjacent to an activating group) is 1. The summed E-state index contributed by atoms with van der Waals surface area (Å²) >= 11 is 0. The molecule has 26 heavy (non-hydrogen) atoms. The van der Waals surface area contributed by atoms with Gasteiger partial charge in [0.05, 0.1) is 0 Å². The van der Waals surface area contributed by atoms with Crippen molar-refractivity contribution in [3.05, 3.63) is 54.1 Å². The van der Waals surface area contributed by atoms with Crippen LogP contribution in [0.1, 0.15) is 44.2 Å². The smallest absolute Gasteiger partial charge is 0.0406 e. The average molecular weight is 348 g/mol. The van der Waals surface area contributed by atoms with E-state index in [1.807, 2.05) is 0 Å². The van der Waals surface area contributed by atoms with Crippen LogP contribution in [-0.2, 0) is 12.8 Å². The van der Waals surface area contributed by atoms with Crippen LogP contribution >= 0.6 is 0 Å². The van der Waals surface area contributed by atoms with Gasteiger partial charge in [-0.05, 0) is 83.7 Å². The zero-order valence-electron chi connectivity index (χ0n) is 16.7. The van der Waals surface area contributed by atoms with Gasteiger partial charge in [0.2, 0.25) is 0 Å². The van der Waals surface area contributed by atoms with E-state index in [-0.39, 0.29) is 0 Å². The number of allylic oxidation sites excluding steroid dienone is 1. The Hall–Kier alpha value is -1.76. The van der Waals surface area contributed by atoms with Gasteiger partial charge in [-0.15, -0.1) is 6.58 Å². The van der Waals surface area contributed by atoms with Crippen LogP contribution in [0, 0.1) is 23.7 Å². The molecule has 0 N–H and O–H groups in total. The van der Waals surface area contributed by atoms with Crippen molar-refractivity contribution in [2.75, 3.05) is 18.5 Å². The molecule has 1 aliphatic heterocycles. The minimum Gasteiger partial charge on any atom is -0.374 e. The maximum Gasteiger partial charge on any atom is 0.0406 e. The highest BCUT2D eigenvalue weighted by atomic mass is 15.1. The Kier molecular flexibility index (Phi) is 4.82. The Morgan fingerprint density at radius 3 is 2.69 bits per heavy atom.